The maximum atomic E-state index is 11.9. The van der Waals surface area contributed by atoms with Crippen LogP contribution < -0.4 is 15.4 Å². The fraction of sp³-hybridized carbons (Fsp3) is 0.174. The summed E-state index contributed by atoms with van der Waals surface area (Å²) in [5.41, 5.74) is 3.24. The maximum Gasteiger partial charge on any atom is 0.239 e. The van der Waals surface area contributed by atoms with Gasteiger partial charge in [0.1, 0.15) is 5.75 Å². The third-order valence-corrected chi connectivity index (χ3v) is 4.14. The van der Waals surface area contributed by atoms with Gasteiger partial charge in [-0.05, 0) is 35.4 Å². The zero-order valence-corrected chi connectivity index (χ0v) is 15.2. The van der Waals surface area contributed by atoms with Crippen molar-refractivity contribution in [1.29, 1.82) is 0 Å². The molecule has 0 aliphatic rings. The Kier molecular flexibility index (Phi) is 6.87. The molecule has 2 N–H and O–H groups in total. The predicted molar refractivity (Wildman–Crippen MR) is 109 cm³/mol. The molecule has 3 rings (SSSR count). The number of anilines is 1. The summed E-state index contributed by atoms with van der Waals surface area (Å²) in [6.07, 6.45) is 0.877. The molecule has 0 fully saturated rings. The molecule has 138 valence electrons. The van der Waals surface area contributed by atoms with Gasteiger partial charge in [-0.3, -0.25) is 4.79 Å². The molecule has 3 aromatic carbocycles. The highest BCUT2D eigenvalue weighted by Gasteiger charge is 2.02. The number of ether oxygens (including phenoxy) is 1. The second-order valence-electron chi connectivity index (χ2n) is 6.22. The van der Waals surface area contributed by atoms with E-state index in [0.717, 1.165) is 23.4 Å². The van der Waals surface area contributed by atoms with E-state index in [1.165, 1.54) is 5.56 Å². The van der Waals surface area contributed by atoms with Crippen LogP contribution in [0.1, 0.15) is 11.1 Å². The van der Waals surface area contributed by atoms with Crippen molar-refractivity contribution in [3.63, 3.8) is 0 Å². The van der Waals surface area contributed by atoms with E-state index in [1.807, 2.05) is 72.8 Å². The van der Waals surface area contributed by atoms with Gasteiger partial charge in [0, 0.05) is 18.7 Å². The molecular weight excluding hydrogens is 336 g/mol. The average molecular weight is 360 g/mol. The second-order valence-corrected chi connectivity index (χ2v) is 6.22. The lowest BCUT2D eigenvalue weighted by molar-refractivity contribution is -0.119. The number of rotatable bonds is 9. The SMILES string of the molecule is O=C(CNc1ccc(OCCc2ccccc2)cc1)NCc1ccccc1. The van der Waals surface area contributed by atoms with Crippen LogP contribution in [0, 0.1) is 0 Å². The molecule has 3 aromatic rings. The lowest BCUT2D eigenvalue weighted by Crippen LogP contribution is -2.29. The number of benzene rings is 3. The second kappa shape index (κ2) is 10.0. The Morgan fingerprint density at radius 2 is 1.41 bits per heavy atom. The van der Waals surface area contributed by atoms with E-state index >= 15 is 0 Å². The summed E-state index contributed by atoms with van der Waals surface area (Å²) >= 11 is 0. The molecule has 0 aliphatic heterocycles. The highest BCUT2D eigenvalue weighted by atomic mass is 16.5. The third-order valence-electron chi connectivity index (χ3n) is 4.14. The van der Waals surface area contributed by atoms with Crippen LogP contribution in [0.15, 0.2) is 84.9 Å². The lowest BCUT2D eigenvalue weighted by Gasteiger charge is -2.10. The van der Waals surface area contributed by atoms with Crippen LogP contribution in [-0.2, 0) is 17.8 Å². The Labute approximate surface area is 160 Å². The first-order valence-electron chi connectivity index (χ1n) is 9.11. The molecule has 0 aliphatic carbocycles. The summed E-state index contributed by atoms with van der Waals surface area (Å²) < 4.78 is 5.77. The Hall–Kier alpha value is -3.27. The van der Waals surface area contributed by atoms with Crippen LogP contribution in [-0.4, -0.2) is 19.1 Å². The van der Waals surface area contributed by atoms with Crippen LogP contribution in [0.5, 0.6) is 5.75 Å². The topological polar surface area (TPSA) is 50.4 Å². The van der Waals surface area contributed by atoms with E-state index < -0.39 is 0 Å². The average Bonchev–Trinajstić information content (AvgIpc) is 2.73. The molecular formula is C23H24N2O2. The van der Waals surface area contributed by atoms with Gasteiger partial charge in [-0.25, -0.2) is 0 Å². The van der Waals surface area contributed by atoms with Gasteiger partial charge < -0.3 is 15.4 Å². The molecule has 1 amide bonds. The summed E-state index contributed by atoms with van der Waals surface area (Å²) in [7, 11) is 0. The van der Waals surface area contributed by atoms with Gasteiger partial charge in [0.2, 0.25) is 5.91 Å². The number of amides is 1. The van der Waals surface area contributed by atoms with Crippen molar-refractivity contribution < 1.29 is 9.53 Å². The van der Waals surface area contributed by atoms with Gasteiger partial charge in [-0.2, -0.15) is 0 Å². The van der Waals surface area contributed by atoms with Gasteiger partial charge in [0.25, 0.3) is 0 Å². The minimum absolute atomic E-state index is 0.0398. The monoisotopic (exact) mass is 360 g/mol. The first kappa shape index (κ1) is 18.5. The molecule has 0 saturated heterocycles. The number of hydrogen-bond donors (Lipinski definition) is 2. The molecule has 27 heavy (non-hydrogen) atoms. The highest BCUT2D eigenvalue weighted by Crippen LogP contribution is 2.16. The van der Waals surface area contributed by atoms with Crippen LogP contribution in [0.4, 0.5) is 5.69 Å². The van der Waals surface area contributed by atoms with Crippen molar-refractivity contribution in [3.8, 4) is 5.75 Å². The first-order valence-corrected chi connectivity index (χ1v) is 9.11. The molecule has 0 heterocycles. The Morgan fingerprint density at radius 3 is 2.07 bits per heavy atom. The largest absolute Gasteiger partial charge is 0.493 e. The molecule has 0 aromatic heterocycles. The van der Waals surface area contributed by atoms with E-state index in [-0.39, 0.29) is 12.5 Å². The van der Waals surface area contributed by atoms with E-state index in [1.54, 1.807) is 0 Å². The Balaban J connectivity index is 1.36. The summed E-state index contributed by atoms with van der Waals surface area (Å²) in [5, 5.41) is 6.02. The first-order chi connectivity index (χ1) is 13.3. The Bertz CT molecular complexity index is 818. The van der Waals surface area contributed by atoms with Crippen LogP contribution in [0.3, 0.4) is 0 Å². The lowest BCUT2D eigenvalue weighted by atomic mass is 10.2. The van der Waals surface area contributed by atoms with Gasteiger partial charge in [-0.15, -0.1) is 0 Å². The van der Waals surface area contributed by atoms with Crippen molar-refractivity contribution in [2.45, 2.75) is 13.0 Å². The van der Waals surface area contributed by atoms with Crippen molar-refractivity contribution in [2.24, 2.45) is 0 Å². The minimum Gasteiger partial charge on any atom is -0.493 e. The molecule has 0 atom stereocenters. The third kappa shape index (κ3) is 6.51. The molecule has 0 saturated carbocycles. The molecule has 0 radical (unpaired) electrons. The number of carbonyl (C=O) groups excluding carboxylic acids is 1. The number of carbonyl (C=O) groups is 1. The fourth-order valence-electron chi connectivity index (χ4n) is 2.64. The minimum atomic E-state index is -0.0398. The number of hydrogen-bond acceptors (Lipinski definition) is 3. The van der Waals surface area contributed by atoms with Crippen molar-refractivity contribution in [3.05, 3.63) is 96.1 Å². The van der Waals surface area contributed by atoms with Crippen molar-refractivity contribution in [1.82, 2.24) is 5.32 Å². The van der Waals surface area contributed by atoms with Gasteiger partial charge in [0.15, 0.2) is 0 Å². The van der Waals surface area contributed by atoms with Crippen LogP contribution in [0.25, 0.3) is 0 Å². The van der Waals surface area contributed by atoms with E-state index in [0.29, 0.717) is 13.2 Å². The van der Waals surface area contributed by atoms with Gasteiger partial charge >= 0.3 is 0 Å². The van der Waals surface area contributed by atoms with E-state index in [9.17, 15) is 4.79 Å². The molecule has 0 unspecified atom stereocenters. The summed E-state index contributed by atoms with van der Waals surface area (Å²) in [5.74, 6) is 0.784. The smallest absolute Gasteiger partial charge is 0.239 e. The maximum absolute atomic E-state index is 11.9. The van der Waals surface area contributed by atoms with Crippen LogP contribution in [0.2, 0.25) is 0 Å². The van der Waals surface area contributed by atoms with Crippen molar-refractivity contribution >= 4 is 11.6 Å². The van der Waals surface area contributed by atoms with E-state index in [4.69, 9.17) is 4.74 Å². The summed E-state index contributed by atoms with van der Waals surface area (Å²) in [4.78, 5) is 11.9. The molecule has 4 heteroatoms. The quantitative estimate of drug-likeness (QED) is 0.606. The molecule has 4 nitrogen and oxygen atoms in total. The molecule has 0 spiro atoms. The standard InChI is InChI=1S/C23H24N2O2/c26-23(25-17-20-9-5-2-6-10-20)18-24-21-11-13-22(14-12-21)27-16-15-19-7-3-1-4-8-19/h1-14,24H,15-18H2,(H,25,26). The van der Waals surface area contributed by atoms with Gasteiger partial charge in [0.05, 0.1) is 13.2 Å². The fourth-order valence-corrected chi connectivity index (χ4v) is 2.64. The highest BCUT2D eigenvalue weighted by molar-refractivity contribution is 5.80. The zero-order chi connectivity index (χ0) is 18.7. The summed E-state index contributed by atoms with van der Waals surface area (Å²) in [6, 6.07) is 27.8. The summed E-state index contributed by atoms with van der Waals surface area (Å²) in [6.45, 7) is 1.41. The van der Waals surface area contributed by atoms with Crippen molar-refractivity contribution in [2.75, 3.05) is 18.5 Å². The zero-order valence-electron chi connectivity index (χ0n) is 15.2. The Morgan fingerprint density at radius 1 is 0.778 bits per heavy atom. The predicted octanol–water partition coefficient (Wildman–Crippen LogP) is 4.04. The van der Waals surface area contributed by atoms with E-state index in [2.05, 4.69) is 22.8 Å². The van der Waals surface area contributed by atoms with Gasteiger partial charge in [-0.1, -0.05) is 60.7 Å². The number of nitrogens with one attached hydrogen (secondary N) is 2. The normalized spacial score (nSPS) is 10.2. The van der Waals surface area contributed by atoms with Crippen LogP contribution >= 0.6 is 0 Å². The molecule has 0 bridgehead atoms.